The van der Waals surface area contributed by atoms with Crippen molar-refractivity contribution in [3.63, 3.8) is 0 Å². The van der Waals surface area contributed by atoms with Crippen molar-refractivity contribution in [3.8, 4) is 0 Å². The van der Waals surface area contributed by atoms with Crippen molar-refractivity contribution in [2.75, 3.05) is 0 Å². The van der Waals surface area contributed by atoms with Crippen molar-refractivity contribution >= 4 is 27.4 Å². The summed E-state index contributed by atoms with van der Waals surface area (Å²) < 4.78 is 2.38. The van der Waals surface area contributed by atoms with E-state index < -0.39 is 5.97 Å². The predicted octanol–water partition coefficient (Wildman–Crippen LogP) is 2.36. The molecule has 0 aliphatic rings. The largest absolute Gasteiger partial charge is 0.478 e. The van der Waals surface area contributed by atoms with E-state index in [1.165, 1.54) is 0 Å². The van der Waals surface area contributed by atoms with Gasteiger partial charge in [-0.05, 0) is 28.1 Å². The Balaban J connectivity index is 2.86. The third-order valence-corrected chi connectivity index (χ3v) is 2.79. The zero-order chi connectivity index (χ0) is 11.0. The molecule has 2 aromatic rings. The summed E-state index contributed by atoms with van der Waals surface area (Å²) in [6.07, 6.45) is 2.58. The molecule has 4 nitrogen and oxygen atoms in total. The number of rotatable bonds is 2. The van der Waals surface area contributed by atoms with Gasteiger partial charge in [-0.25, -0.2) is 9.78 Å². The fourth-order valence-electron chi connectivity index (χ4n) is 1.58. The van der Waals surface area contributed by atoms with E-state index in [4.69, 9.17) is 5.11 Å². The second-order valence-electron chi connectivity index (χ2n) is 3.12. The molecular formula is C10H9BrN2O2. The van der Waals surface area contributed by atoms with Crippen LogP contribution in [0.2, 0.25) is 0 Å². The molecule has 0 fully saturated rings. The van der Waals surface area contributed by atoms with E-state index in [0.717, 1.165) is 12.2 Å². The maximum Gasteiger partial charge on any atom is 0.337 e. The Kier molecular flexibility index (Phi) is 2.48. The highest BCUT2D eigenvalue weighted by molar-refractivity contribution is 9.10. The van der Waals surface area contributed by atoms with Crippen molar-refractivity contribution in [2.45, 2.75) is 13.3 Å². The van der Waals surface area contributed by atoms with E-state index in [-0.39, 0.29) is 5.56 Å². The van der Waals surface area contributed by atoms with E-state index >= 15 is 0 Å². The van der Waals surface area contributed by atoms with Gasteiger partial charge in [0.2, 0.25) is 0 Å². The third-order valence-electron chi connectivity index (χ3n) is 2.24. The van der Waals surface area contributed by atoms with Crippen molar-refractivity contribution in [1.29, 1.82) is 0 Å². The number of halogens is 1. The van der Waals surface area contributed by atoms with Crippen LogP contribution >= 0.6 is 15.9 Å². The van der Waals surface area contributed by atoms with Gasteiger partial charge in [-0.15, -0.1) is 0 Å². The van der Waals surface area contributed by atoms with Crippen LogP contribution in [-0.2, 0) is 6.42 Å². The molecule has 2 aromatic heterocycles. The van der Waals surface area contributed by atoms with Gasteiger partial charge in [0, 0.05) is 12.6 Å². The van der Waals surface area contributed by atoms with Gasteiger partial charge < -0.3 is 9.51 Å². The Bertz CT molecular complexity index is 533. The number of aryl methyl sites for hydroxylation is 1. The lowest BCUT2D eigenvalue weighted by atomic mass is 10.2. The Labute approximate surface area is 94.7 Å². The maximum absolute atomic E-state index is 11.0. The molecule has 0 aromatic carbocycles. The summed E-state index contributed by atoms with van der Waals surface area (Å²) in [7, 11) is 0. The minimum atomic E-state index is -0.941. The number of imidazole rings is 1. The first-order valence-corrected chi connectivity index (χ1v) is 5.33. The highest BCUT2D eigenvalue weighted by atomic mass is 79.9. The summed E-state index contributed by atoms with van der Waals surface area (Å²) in [6, 6.07) is 3.28. The smallest absolute Gasteiger partial charge is 0.337 e. The van der Waals surface area contributed by atoms with Crippen LogP contribution in [-0.4, -0.2) is 20.5 Å². The fraction of sp³-hybridized carbons (Fsp3) is 0.200. The molecular weight excluding hydrogens is 260 g/mol. The minimum absolute atomic E-state index is 0.261. The quantitative estimate of drug-likeness (QED) is 0.910. The molecule has 0 bridgehead atoms. The molecule has 0 amide bonds. The second-order valence-corrected chi connectivity index (χ2v) is 3.87. The van der Waals surface area contributed by atoms with Crippen LogP contribution in [0.15, 0.2) is 22.9 Å². The number of aromatic carboxylic acids is 1. The summed E-state index contributed by atoms with van der Waals surface area (Å²) in [5.41, 5.74) is 0.874. The third kappa shape index (κ3) is 1.52. The lowest BCUT2D eigenvalue weighted by molar-refractivity contribution is 0.0698. The van der Waals surface area contributed by atoms with Gasteiger partial charge in [0.1, 0.15) is 10.4 Å². The Hall–Kier alpha value is -1.36. The van der Waals surface area contributed by atoms with E-state index in [1.807, 2.05) is 13.1 Å². The van der Waals surface area contributed by atoms with E-state index in [2.05, 4.69) is 20.9 Å². The van der Waals surface area contributed by atoms with Gasteiger partial charge in [-0.2, -0.15) is 0 Å². The van der Waals surface area contributed by atoms with Gasteiger partial charge >= 0.3 is 5.97 Å². The number of hydrogen-bond acceptors (Lipinski definition) is 2. The summed E-state index contributed by atoms with van der Waals surface area (Å²) in [4.78, 5) is 15.3. The molecule has 0 aliphatic heterocycles. The van der Waals surface area contributed by atoms with E-state index in [0.29, 0.717) is 10.1 Å². The molecule has 0 spiro atoms. The van der Waals surface area contributed by atoms with Gasteiger partial charge in [-0.3, -0.25) is 0 Å². The number of fused-ring (bicyclic) bond motifs is 1. The van der Waals surface area contributed by atoms with Crippen LogP contribution in [0, 0.1) is 0 Å². The summed E-state index contributed by atoms with van der Waals surface area (Å²) in [5, 5.41) is 9.03. The van der Waals surface area contributed by atoms with Crippen molar-refractivity contribution in [1.82, 2.24) is 9.38 Å². The van der Waals surface area contributed by atoms with E-state index in [1.54, 1.807) is 16.5 Å². The summed E-state index contributed by atoms with van der Waals surface area (Å²) >= 11 is 3.28. The average molecular weight is 269 g/mol. The number of hydrogen-bond donors (Lipinski definition) is 1. The molecule has 0 radical (unpaired) electrons. The molecule has 78 valence electrons. The summed E-state index contributed by atoms with van der Waals surface area (Å²) in [5.74, 6) is -0.0937. The molecule has 0 saturated heterocycles. The molecule has 2 rings (SSSR count). The van der Waals surface area contributed by atoms with Crippen LogP contribution in [0.3, 0.4) is 0 Å². The SMILES string of the molecule is CCc1nc(Br)c2c(C(=O)O)cccn12. The van der Waals surface area contributed by atoms with Gasteiger partial charge in [0.05, 0.1) is 11.1 Å². The Morgan fingerprint density at radius 1 is 1.67 bits per heavy atom. The Morgan fingerprint density at radius 3 is 3.00 bits per heavy atom. The van der Waals surface area contributed by atoms with Crippen LogP contribution in [0.1, 0.15) is 23.1 Å². The number of nitrogens with zero attached hydrogens (tertiary/aromatic N) is 2. The standard InChI is InChI=1S/C10H9BrN2O2/c1-2-7-12-9(11)8-6(10(14)15)4-3-5-13(7)8/h3-5H,2H2,1H3,(H,14,15). The van der Waals surface area contributed by atoms with Crippen molar-refractivity contribution < 1.29 is 9.90 Å². The number of pyridine rings is 1. The highest BCUT2D eigenvalue weighted by Gasteiger charge is 2.15. The first kappa shape index (κ1) is 10.2. The lowest BCUT2D eigenvalue weighted by Crippen LogP contribution is -2.00. The minimum Gasteiger partial charge on any atom is -0.478 e. The van der Waals surface area contributed by atoms with Crippen LogP contribution in [0.4, 0.5) is 0 Å². The average Bonchev–Trinajstić information content (AvgIpc) is 2.55. The molecule has 0 unspecified atom stereocenters. The van der Waals surface area contributed by atoms with Crippen molar-refractivity contribution in [2.24, 2.45) is 0 Å². The summed E-state index contributed by atoms with van der Waals surface area (Å²) in [6.45, 7) is 1.98. The maximum atomic E-state index is 11.0. The number of carboxylic acid groups (broad SMARTS) is 1. The molecule has 5 heteroatoms. The zero-order valence-electron chi connectivity index (χ0n) is 8.07. The number of aromatic nitrogens is 2. The highest BCUT2D eigenvalue weighted by Crippen LogP contribution is 2.22. The zero-order valence-corrected chi connectivity index (χ0v) is 9.65. The predicted molar refractivity (Wildman–Crippen MR) is 59.2 cm³/mol. The molecule has 0 atom stereocenters. The normalized spacial score (nSPS) is 10.8. The molecule has 1 N–H and O–H groups in total. The first-order chi connectivity index (χ1) is 7.15. The first-order valence-electron chi connectivity index (χ1n) is 4.54. The molecule has 2 heterocycles. The van der Waals surface area contributed by atoms with Crippen LogP contribution < -0.4 is 0 Å². The Morgan fingerprint density at radius 2 is 2.40 bits per heavy atom. The molecule has 0 saturated carbocycles. The van der Waals surface area contributed by atoms with E-state index in [9.17, 15) is 4.79 Å². The number of carbonyl (C=O) groups is 1. The second kappa shape index (κ2) is 3.66. The van der Waals surface area contributed by atoms with Gasteiger partial charge in [0.25, 0.3) is 0 Å². The van der Waals surface area contributed by atoms with Gasteiger partial charge in [0.15, 0.2) is 0 Å². The van der Waals surface area contributed by atoms with Crippen LogP contribution in [0.5, 0.6) is 0 Å². The van der Waals surface area contributed by atoms with Gasteiger partial charge in [-0.1, -0.05) is 6.92 Å². The monoisotopic (exact) mass is 268 g/mol. The van der Waals surface area contributed by atoms with Crippen LogP contribution in [0.25, 0.3) is 5.52 Å². The molecule has 0 aliphatic carbocycles. The lowest BCUT2D eigenvalue weighted by Gasteiger charge is -2.00. The number of carboxylic acids is 1. The molecule has 15 heavy (non-hydrogen) atoms. The topological polar surface area (TPSA) is 54.6 Å². The fourth-order valence-corrected chi connectivity index (χ4v) is 2.19. The van der Waals surface area contributed by atoms with Crippen molar-refractivity contribution in [3.05, 3.63) is 34.3 Å².